The fourth-order valence-corrected chi connectivity index (χ4v) is 9.03. The second kappa shape index (κ2) is 19.5. The number of aromatic nitrogens is 1. The predicted molar refractivity (Wildman–Crippen MR) is 224 cm³/mol. The lowest BCUT2D eigenvalue weighted by molar-refractivity contribution is -0.946. The number of unbranched alkanes of at least 4 members (excludes halogenated alkanes) is 3. The van der Waals surface area contributed by atoms with Gasteiger partial charge in [0.2, 0.25) is 5.56 Å². The van der Waals surface area contributed by atoms with Crippen molar-refractivity contribution < 1.29 is 29.0 Å². The van der Waals surface area contributed by atoms with E-state index in [0.717, 1.165) is 73.0 Å². The Labute approximate surface area is 336 Å². The van der Waals surface area contributed by atoms with E-state index in [1.54, 1.807) is 12.1 Å². The Hall–Kier alpha value is -4.96. The highest BCUT2D eigenvalue weighted by Gasteiger charge is 2.47. The van der Waals surface area contributed by atoms with Crippen LogP contribution in [-0.2, 0) is 16.0 Å². The van der Waals surface area contributed by atoms with E-state index < -0.39 is 6.10 Å². The predicted octanol–water partition coefficient (Wildman–Crippen LogP) is 7.80. The smallest absolute Gasteiger partial charge is 0.307 e. The summed E-state index contributed by atoms with van der Waals surface area (Å²) in [6.45, 7) is 6.20. The molecule has 0 amide bonds. The Morgan fingerprint density at radius 1 is 0.842 bits per heavy atom. The first kappa shape index (κ1) is 40.2. The number of pyridine rings is 1. The third-order valence-electron chi connectivity index (χ3n) is 12.2. The van der Waals surface area contributed by atoms with Crippen LogP contribution in [0.1, 0.15) is 85.6 Å². The normalized spacial score (nSPS) is 19.9. The van der Waals surface area contributed by atoms with E-state index in [2.05, 4.69) is 64.9 Å². The third-order valence-corrected chi connectivity index (χ3v) is 12.2. The lowest BCUT2D eigenvalue weighted by atomic mass is 9.82. The number of hydrogen-bond acceptors (Lipinski definition) is 7. The lowest BCUT2D eigenvalue weighted by Crippen LogP contribution is -2.64. The van der Waals surface area contributed by atoms with Gasteiger partial charge in [0.1, 0.15) is 18.0 Å². The highest BCUT2D eigenvalue weighted by molar-refractivity contribution is 5.87. The molecule has 4 N–H and O–H groups in total. The minimum absolute atomic E-state index is 0.00644. The van der Waals surface area contributed by atoms with E-state index in [9.17, 15) is 19.8 Å². The number of nitrogens with zero attached hydrogens (tertiary/aromatic N) is 1. The summed E-state index contributed by atoms with van der Waals surface area (Å²) in [4.78, 5) is 28.1. The van der Waals surface area contributed by atoms with E-state index in [1.165, 1.54) is 50.2 Å². The summed E-state index contributed by atoms with van der Waals surface area (Å²) in [5, 5.41) is 24.9. The second-order valence-corrected chi connectivity index (χ2v) is 16.2. The third kappa shape index (κ3) is 10.7. The molecule has 4 aromatic carbocycles. The molecule has 5 aromatic rings. The van der Waals surface area contributed by atoms with E-state index >= 15 is 0 Å². The van der Waals surface area contributed by atoms with Crippen LogP contribution in [0.2, 0.25) is 0 Å². The molecular formula is C48H58N3O6+. The number of hydrogen-bond donors (Lipinski definition) is 4. The minimum atomic E-state index is -0.782. The summed E-state index contributed by atoms with van der Waals surface area (Å²) in [5.41, 5.74) is 4.22. The Morgan fingerprint density at radius 2 is 1.61 bits per heavy atom. The standard InChI is InChI=1S/C48H57N3O6/c52-43-22-20-40(41-21-23-46(54)50-48(41)43)44(53)33-49-26-9-3-11-30-56-39-19-12-18-38(31-39)42(36-16-6-2-7-17-36)32-47(55)57-45-34-51(28-24-37(45)25-29-51)27-10-8-15-35-13-4-1-5-14-35/h1-2,4-7,12-14,16-23,31,37,42,44-45,49,53H,3,8-11,15,24-30,32-34H2,(H-,50,52,54)/p+1/t37?,42?,44-,45-,51?/m0/s1. The molecule has 3 fully saturated rings. The number of aliphatic hydroxyl groups is 1. The van der Waals surface area contributed by atoms with Gasteiger partial charge in [0, 0.05) is 42.7 Å². The van der Waals surface area contributed by atoms with Crippen molar-refractivity contribution in [1.29, 1.82) is 0 Å². The molecule has 0 aliphatic carbocycles. The fourth-order valence-electron chi connectivity index (χ4n) is 9.03. The van der Waals surface area contributed by atoms with Gasteiger partial charge in [-0.25, -0.2) is 0 Å². The number of piperidine rings is 3. The van der Waals surface area contributed by atoms with Crippen LogP contribution in [0.25, 0.3) is 10.9 Å². The Morgan fingerprint density at radius 3 is 2.42 bits per heavy atom. The topological polar surface area (TPSA) is 121 Å². The molecular weight excluding hydrogens is 715 g/mol. The zero-order chi connectivity index (χ0) is 39.5. The van der Waals surface area contributed by atoms with Gasteiger partial charge in [-0.05, 0) is 91.6 Å². The summed E-state index contributed by atoms with van der Waals surface area (Å²) in [5.74, 6) is 0.985. The van der Waals surface area contributed by atoms with E-state index in [0.29, 0.717) is 35.5 Å². The molecule has 9 heteroatoms. The van der Waals surface area contributed by atoms with Crippen molar-refractivity contribution in [2.75, 3.05) is 45.9 Å². The average Bonchev–Trinajstić information content (AvgIpc) is 3.24. The van der Waals surface area contributed by atoms with Gasteiger partial charge in [0.05, 0.1) is 44.3 Å². The van der Waals surface area contributed by atoms with Crippen LogP contribution in [-0.4, -0.2) is 77.6 Å². The maximum absolute atomic E-state index is 13.8. The van der Waals surface area contributed by atoms with Gasteiger partial charge in [-0.15, -0.1) is 0 Å². The number of quaternary nitrogens is 1. The molecule has 2 bridgehead atoms. The Bertz CT molecular complexity index is 2100. The number of carbonyl (C=O) groups is 1. The molecule has 0 radical (unpaired) electrons. The molecule has 3 aliphatic rings. The molecule has 1 aromatic heterocycles. The van der Waals surface area contributed by atoms with Crippen LogP contribution in [0, 0.1) is 5.92 Å². The van der Waals surface area contributed by atoms with Crippen molar-refractivity contribution in [3.05, 3.63) is 142 Å². The summed E-state index contributed by atoms with van der Waals surface area (Å²) >= 11 is 0. The fraction of sp³-hybridized carbons (Fsp3) is 0.417. The summed E-state index contributed by atoms with van der Waals surface area (Å²) in [6, 6.07) is 35.4. The first-order valence-electron chi connectivity index (χ1n) is 21.0. The largest absolute Gasteiger partial charge is 0.506 e. The highest BCUT2D eigenvalue weighted by atomic mass is 16.5. The number of aliphatic hydroxyl groups excluding tert-OH is 1. The van der Waals surface area contributed by atoms with Crippen molar-refractivity contribution in [1.82, 2.24) is 10.3 Å². The van der Waals surface area contributed by atoms with Crippen molar-refractivity contribution in [2.24, 2.45) is 5.92 Å². The van der Waals surface area contributed by atoms with Crippen molar-refractivity contribution >= 4 is 16.9 Å². The number of benzene rings is 4. The second-order valence-electron chi connectivity index (χ2n) is 16.2. The Kier molecular flexibility index (Phi) is 13.7. The molecule has 3 atom stereocenters. The summed E-state index contributed by atoms with van der Waals surface area (Å²) in [7, 11) is 0. The highest BCUT2D eigenvalue weighted by Crippen LogP contribution is 2.37. The first-order valence-corrected chi connectivity index (χ1v) is 21.0. The number of ether oxygens (including phenoxy) is 2. The van der Waals surface area contributed by atoms with Crippen molar-refractivity contribution in [2.45, 2.75) is 75.9 Å². The van der Waals surface area contributed by atoms with Crippen LogP contribution < -0.4 is 15.6 Å². The van der Waals surface area contributed by atoms with Gasteiger partial charge in [0.25, 0.3) is 0 Å². The van der Waals surface area contributed by atoms with Crippen LogP contribution in [0.15, 0.2) is 114 Å². The monoisotopic (exact) mass is 772 g/mol. The summed E-state index contributed by atoms with van der Waals surface area (Å²) in [6.07, 6.45) is 8.06. The number of rotatable bonds is 20. The minimum Gasteiger partial charge on any atom is -0.506 e. The number of aryl methyl sites for hydroxylation is 1. The molecule has 0 saturated carbocycles. The van der Waals surface area contributed by atoms with Crippen LogP contribution in [0.3, 0.4) is 0 Å². The number of aromatic hydroxyl groups is 1. The molecule has 57 heavy (non-hydrogen) atoms. The molecule has 1 unspecified atom stereocenters. The molecule has 9 nitrogen and oxygen atoms in total. The molecule has 300 valence electrons. The number of phenols is 1. The van der Waals surface area contributed by atoms with Crippen LogP contribution in [0.4, 0.5) is 0 Å². The lowest BCUT2D eigenvalue weighted by Gasteiger charge is -2.52. The van der Waals surface area contributed by atoms with Gasteiger partial charge >= 0.3 is 5.97 Å². The van der Waals surface area contributed by atoms with E-state index in [4.69, 9.17) is 9.47 Å². The van der Waals surface area contributed by atoms with Crippen molar-refractivity contribution in [3.63, 3.8) is 0 Å². The van der Waals surface area contributed by atoms with E-state index in [-0.39, 0.29) is 35.7 Å². The van der Waals surface area contributed by atoms with Crippen LogP contribution in [0.5, 0.6) is 11.5 Å². The van der Waals surface area contributed by atoms with Crippen LogP contribution >= 0.6 is 0 Å². The zero-order valence-electron chi connectivity index (χ0n) is 33.0. The molecule has 0 spiro atoms. The summed E-state index contributed by atoms with van der Waals surface area (Å²) < 4.78 is 13.7. The molecule has 4 heterocycles. The van der Waals surface area contributed by atoms with Gasteiger partial charge in [-0.2, -0.15) is 0 Å². The Balaban J connectivity index is 0.862. The number of esters is 1. The van der Waals surface area contributed by atoms with Crippen molar-refractivity contribution in [3.8, 4) is 11.5 Å². The average molecular weight is 773 g/mol. The number of phenolic OH excluding ortho intramolecular Hbond substituents is 1. The SMILES string of the molecule is O=C(CC(c1ccccc1)c1cccc(OCCCCCNC[C@H](O)c2ccc(O)c3[nH]c(=O)ccc23)c1)O[C@H]1C[N+]2(CCCCc3ccccc3)CCC1CC2. The van der Waals surface area contributed by atoms with Gasteiger partial charge in [-0.3, -0.25) is 9.59 Å². The zero-order valence-corrected chi connectivity index (χ0v) is 33.0. The number of carbonyl (C=O) groups excluding carboxylic acids is 1. The molecule has 3 saturated heterocycles. The number of fused-ring (bicyclic) bond motifs is 4. The molecule has 3 aliphatic heterocycles. The quantitative estimate of drug-likeness (QED) is 0.0362. The maximum atomic E-state index is 13.8. The van der Waals surface area contributed by atoms with Gasteiger partial charge < -0.3 is 34.5 Å². The first-order chi connectivity index (χ1) is 27.9. The molecule has 8 rings (SSSR count). The number of nitrogens with one attached hydrogen (secondary N) is 2. The number of aromatic amines is 1. The van der Waals surface area contributed by atoms with Gasteiger partial charge in [0.15, 0.2) is 6.10 Å². The maximum Gasteiger partial charge on any atom is 0.307 e. The van der Waals surface area contributed by atoms with E-state index in [1.807, 2.05) is 30.3 Å². The number of H-pyrrole nitrogens is 1. The van der Waals surface area contributed by atoms with Gasteiger partial charge in [-0.1, -0.05) is 78.9 Å².